The Bertz CT molecular complexity index is 584. The highest BCUT2D eigenvalue weighted by Gasteiger charge is 2.10. The van der Waals surface area contributed by atoms with Gasteiger partial charge in [0.05, 0.1) is 10.0 Å². The number of benzene rings is 2. The summed E-state index contributed by atoms with van der Waals surface area (Å²) in [4.78, 5) is 0. The zero-order chi connectivity index (χ0) is 14.5. The van der Waals surface area contributed by atoms with Gasteiger partial charge in [0.25, 0.3) is 0 Å². The SMILES string of the molecule is CNCc1ccc(OCc2c(F)cccc2F)c(Br)c1. The molecule has 0 heterocycles. The van der Waals surface area contributed by atoms with Gasteiger partial charge >= 0.3 is 0 Å². The Kier molecular flexibility index (Phi) is 5.09. The molecule has 1 N–H and O–H groups in total. The maximum atomic E-state index is 13.5. The van der Waals surface area contributed by atoms with Crippen LogP contribution in [-0.4, -0.2) is 7.05 Å². The number of nitrogens with one attached hydrogen (secondary N) is 1. The highest BCUT2D eigenvalue weighted by Crippen LogP contribution is 2.27. The zero-order valence-electron chi connectivity index (χ0n) is 10.9. The molecule has 0 aromatic heterocycles. The fraction of sp³-hybridized carbons (Fsp3) is 0.200. The van der Waals surface area contributed by atoms with Crippen LogP contribution in [0.5, 0.6) is 5.75 Å². The lowest BCUT2D eigenvalue weighted by atomic mass is 10.2. The lowest BCUT2D eigenvalue weighted by molar-refractivity contribution is 0.290. The van der Waals surface area contributed by atoms with Crippen molar-refractivity contribution in [3.63, 3.8) is 0 Å². The summed E-state index contributed by atoms with van der Waals surface area (Å²) in [7, 11) is 1.86. The lowest BCUT2D eigenvalue weighted by Crippen LogP contribution is -2.05. The Balaban J connectivity index is 2.11. The summed E-state index contributed by atoms with van der Waals surface area (Å²) in [5.41, 5.74) is 1.02. The van der Waals surface area contributed by atoms with E-state index in [1.165, 1.54) is 18.2 Å². The minimum absolute atomic E-state index is 0.0706. The largest absolute Gasteiger partial charge is 0.488 e. The van der Waals surface area contributed by atoms with Gasteiger partial charge in [0.15, 0.2) is 0 Å². The summed E-state index contributed by atoms with van der Waals surface area (Å²) in [6.45, 7) is 0.587. The molecule has 0 amide bonds. The molecule has 2 nitrogen and oxygen atoms in total. The summed E-state index contributed by atoms with van der Waals surface area (Å²) >= 11 is 3.39. The average molecular weight is 342 g/mol. The van der Waals surface area contributed by atoms with E-state index in [1.807, 2.05) is 19.2 Å². The normalized spacial score (nSPS) is 10.6. The molecule has 0 radical (unpaired) electrons. The van der Waals surface area contributed by atoms with Crippen LogP contribution in [0.4, 0.5) is 8.78 Å². The maximum absolute atomic E-state index is 13.5. The fourth-order valence-corrected chi connectivity index (χ4v) is 2.34. The van der Waals surface area contributed by atoms with Gasteiger partial charge in [-0.05, 0) is 52.8 Å². The first kappa shape index (κ1) is 14.9. The van der Waals surface area contributed by atoms with Crippen molar-refractivity contribution in [1.29, 1.82) is 0 Å². The zero-order valence-corrected chi connectivity index (χ0v) is 12.5. The summed E-state index contributed by atoms with van der Waals surface area (Å²) < 4.78 is 33.2. The van der Waals surface area contributed by atoms with Crippen LogP contribution in [-0.2, 0) is 13.2 Å². The minimum atomic E-state index is -0.604. The van der Waals surface area contributed by atoms with Crippen LogP contribution in [0.25, 0.3) is 0 Å². The molecule has 0 atom stereocenters. The quantitative estimate of drug-likeness (QED) is 0.886. The smallest absolute Gasteiger partial charge is 0.134 e. The molecule has 0 spiro atoms. The first-order valence-electron chi connectivity index (χ1n) is 6.10. The molecule has 2 aromatic rings. The van der Waals surface area contributed by atoms with Crippen LogP contribution in [0.1, 0.15) is 11.1 Å². The highest BCUT2D eigenvalue weighted by atomic mass is 79.9. The summed E-state index contributed by atoms with van der Waals surface area (Å²) in [5.74, 6) is -0.659. The molecule has 5 heteroatoms. The molecule has 0 bridgehead atoms. The van der Waals surface area contributed by atoms with Gasteiger partial charge in [0.1, 0.15) is 24.0 Å². The Labute approximate surface area is 124 Å². The summed E-state index contributed by atoms with van der Waals surface area (Å²) in [5, 5.41) is 3.04. The van der Waals surface area contributed by atoms with Gasteiger partial charge in [-0.25, -0.2) is 8.78 Å². The van der Waals surface area contributed by atoms with E-state index >= 15 is 0 Å². The molecule has 0 aliphatic heterocycles. The van der Waals surface area contributed by atoms with E-state index in [2.05, 4.69) is 21.2 Å². The van der Waals surface area contributed by atoms with Crippen molar-refractivity contribution in [2.75, 3.05) is 7.05 Å². The molecule has 0 aliphatic rings. The van der Waals surface area contributed by atoms with Crippen molar-refractivity contribution >= 4 is 15.9 Å². The van der Waals surface area contributed by atoms with Crippen molar-refractivity contribution in [1.82, 2.24) is 5.32 Å². The van der Waals surface area contributed by atoms with Gasteiger partial charge in [-0.2, -0.15) is 0 Å². The third kappa shape index (κ3) is 3.55. The second kappa shape index (κ2) is 6.81. The number of halogens is 3. The number of hydrogen-bond acceptors (Lipinski definition) is 2. The molecular weight excluding hydrogens is 328 g/mol. The third-order valence-electron chi connectivity index (χ3n) is 2.81. The van der Waals surface area contributed by atoms with Gasteiger partial charge < -0.3 is 10.1 Å². The molecule has 0 unspecified atom stereocenters. The van der Waals surface area contributed by atoms with E-state index in [1.54, 1.807) is 6.07 Å². The van der Waals surface area contributed by atoms with E-state index in [9.17, 15) is 8.78 Å². The summed E-state index contributed by atoms with van der Waals surface area (Å²) in [6.07, 6.45) is 0. The lowest BCUT2D eigenvalue weighted by Gasteiger charge is -2.11. The van der Waals surface area contributed by atoms with Gasteiger partial charge in [0, 0.05) is 6.54 Å². The standard InChI is InChI=1S/C15H14BrF2NO/c1-19-8-10-5-6-15(12(16)7-10)20-9-11-13(17)3-2-4-14(11)18/h2-7,19H,8-9H2,1H3. The second-order valence-electron chi connectivity index (χ2n) is 4.28. The molecular formula is C15H14BrF2NO. The topological polar surface area (TPSA) is 21.3 Å². The molecule has 2 aromatic carbocycles. The van der Waals surface area contributed by atoms with E-state index in [0.29, 0.717) is 5.75 Å². The van der Waals surface area contributed by atoms with Crippen LogP contribution >= 0.6 is 15.9 Å². The van der Waals surface area contributed by atoms with Gasteiger partial charge in [0.2, 0.25) is 0 Å². The average Bonchev–Trinajstić information content (AvgIpc) is 2.40. The van der Waals surface area contributed by atoms with Crippen molar-refractivity contribution in [3.8, 4) is 5.75 Å². The number of ether oxygens (including phenoxy) is 1. The van der Waals surface area contributed by atoms with Crippen molar-refractivity contribution in [3.05, 3.63) is 63.6 Å². The van der Waals surface area contributed by atoms with Gasteiger partial charge in [-0.1, -0.05) is 12.1 Å². The predicted molar refractivity (Wildman–Crippen MR) is 77.6 cm³/mol. The van der Waals surface area contributed by atoms with E-state index in [4.69, 9.17) is 4.74 Å². The Hall–Kier alpha value is -1.46. The number of rotatable bonds is 5. The number of hydrogen-bond donors (Lipinski definition) is 1. The van der Waals surface area contributed by atoms with Crippen LogP contribution in [0.15, 0.2) is 40.9 Å². The van der Waals surface area contributed by atoms with Crippen molar-refractivity contribution in [2.24, 2.45) is 0 Å². The molecule has 106 valence electrons. The first-order valence-corrected chi connectivity index (χ1v) is 6.90. The van der Waals surface area contributed by atoms with Gasteiger partial charge in [-0.15, -0.1) is 0 Å². The Morgan fingerprint density at radius 2 is 1.85 bits per heavy atom. The molecule has 0 fully saturated rings. The van der Waals surface area contributed by atoms with Crippen LogP contribution in [0.3, 0.4) is 0 Å². The van der Waals surface area contributed by atoms with Gasteiger partial charge in [-0.3, -0.25) is 0 Å². The molecule has 0 saturated carbocycles. The van der Waals surface area contributed by atoms with Crippen molar-refractivity contribution in [2.45, 2.75) is 13.2 Å². The highest BCUT2D eigenvalue weighted by molar-refractivity contribution is 9.10. The van der Waals surface area contributed by atoms with E-state index in [-0.39, 0.29) is 12.2 Å². The molecule has 2 rings (SSSR count). The predicted octanol–water partition coefficient (Wildman–Crippen LogP) is 4.03. The van der Waals surface area contributed by atoms with Crippen LogP contribution in [0, 0.1) is 11.6 Å². The van der Waals surface area contributed by atoms with Crippen molar-refractivity contribution < 1.29 is 13.5 Å². The maximum Gasteiger partial charge on any atom is 0.134 e. The fourth-order valence-electron chi connectivity index (χ4n) is 1.80. The Morgan fingerprint density at radius 1 is 1.15 bits per heavy atom. The minimum Gasteiger partial charge on any atom is -0.488 e. The summed E-state index contributed by atoms with van der Waals surface area (Å²) in [6, 6.07) is 9.34. The second-order valence-corrected chi connectivity index (χ2v) is 5.14. The molecule has 20 heavy (non-hydrogen) atoms. The Morgan fingerprint density at radius 3 is 2.45 bits per heavy atom. The first-order chi connectivity index (χ1) is 9.61. The van der Waals surface area contributed by atoms with Crippen LogP contribution < -0.4 is 10.1 Å². The molecule has 0 saturated heterocycles. The monoisotopic (exact) mass is 341 g/mol. The van der Waals surface area contributed by atoms with E-state index in [0.717, 1.165) is 16.6 Å². The van der Waals surface area contributed by atoms with Crippen LogP contribution in [0.2, 0.25) is 0 Å². The third-order valence-corrected chi connectivity index (χ3v) is 3.43. The van der Waals surface area contributed by atoms with E-state index < -0.39 is 11.6 Å². The molecule has 0 aliphatic carbocycles.